The summed E-state index contributed by atoms with van der Waals surface area (Å²) in [5, 5.41) is 0. The zero-order valence-corrected chi connectivity index (χ0v) is 12.5. The third kappa shape index (κ3) is 5.69. The van der Waals surface area contributed by atoms with Crippen molar-refractivity contribution < 1.29 is 0 Å². The number of hydrogen-bond donors (Lipinski definition) is 1. The van der Waals surface area contributed by atoms with Crippen LogP contribution in [0.3, 0.4) is 0 Å². The predicted octanol–water partition coefficient (Wildman–Crippen LogP) is 4.39. The van der Waals surface area contributed by atoms with E-state index in [1.807, 2.05) is 0 Å². The van der Waals surface area contributed by atoms with Crippen LogP contribution in [0.2, 0.25) is 0 Å². The third-order valence-electron chi connectivity index (χ3n) is 3.26. The summed E-state index contributed by atoms with van der Waals surface area (Å²) in [6.45, 7) is 5.38. The van der Waals surface area contributed by atoms with Crippen molar-refractivity contribution in [1.82, 2.24) is 0 Å². The van der Waals surface area contributed by atoms with Gasteiger partial charge in [0.05, 0.1) is 0 Å². The first kappa shape index (κ1) is 14.7. The highest BCUT2D eigenvalue weighted by atomic mass is 79.9. The van der Waals surface area contributed by atoms with Crippen molar-refractivity contribution in [2.24, 2.45) is 17.6 Å². The van der Waals surface area contributed by atoms with Gasteiger partial charge in [0.2, 0.25) is 0 Å². The molecule has 0 bridgehead atoms. The van der Waals surface area contributed by atoms with Crippen LogP contribution < -0.4 is 5.73 Å². The molecule has 2 heteroatoms. The van der Waals surface area contributed by atoms with Crippen molar-refractivity contribution in [2.75, 3.05) is 6.54 Å². The minimum Gasteiger partial charge on any atom is -0.330 e. The minimum absolute atomic E-state index is 0.617. The Bertz CT molecular complexity index is 324. The van der Waals surface area contributed by atoms with Crippen LogP contribution in [0, 0.1) is 11.8 Å². The molecule has 1 aromatic carbocycles. The lowest BCUT2D eigenvalue weighted by Crippen LogP contribution is -2.19. The van der Waals surface area contributed by atoms with Gasteiger partial charge >= 0.3 is 0 Å². The van der Waals surface area contributed by atoms with Crippen LogP contribution in [0.25, 0.3) is 0 Å². The van der Waals surface area contributed by atoms with Gasteiger partial charge in [-0.15, -0.1) is 0 Å². The number of rotatable bonds is 7. The molecule has 1 nitrogen and oxygen atoms in total. The van der Waals surface area contributed by atoms with Gasteiger partial charge in [-0.25, -0.2) is 0 Å². The zero-order chi connectivity index (χ0) is 12.7. The third-order valence-corrected chi connectivity index (χ3v) is 3.76. The number of benzene rings is 1. The van der Waals surface area contributed by atoms with E-state index in [4.69, 9.17) is 5.73 Å². The molecule has 0 heterocycles. The molecule has 2 atom stereocenters. The number of hydrogen-bond acceptors (Lipinski definition) is 1. The number of nitrogens with two attached hydrogens (primary N) is 1. The average molecular weight is 298 g/mol. The molecule has 2 N–H and O–H groups in total. The molecule has 0 amide bonds. The van der Waals surface area contributed by atoms with Crippen LogP contribution in [0.5, 0.6) is 0 Å². The monoisotopic (exact) mass is 297 g/mol. The molecule has 0 aliphatic rings. The van der Waals surface area contributed by atoms with Crippen LogP contribution in [0.4, 0.5) is 0 Å². The van der Waals surface area contributed by atoms with Crippen molar-refractivity contribution in [1.29, 1.82) is 0 Å². The van der Waals surface area contributed by atoms with E-state index in [0.717, 1.165) is 23.4 Å². The molecule has 17 heavy (non-hydrogen) atoms. The first-order valence-electron chi connectivity index (χ1n) is 6.60. The lowest BCUT2D eigenvalue weighted by Gasteiger charge is -2.19. The van der Waals surface area contributed by atoms with Crippen molar-refractivity contribution in [3.63, 3.8) is 0 Å². The maximum absolute atomic E-state index is 5.89. The standard InChI is InChI=1S/C15H24BrN/c1-3-5-12(2)8-14(11-17)9-13-6-4-7-15(16)10-13/h4,6-7,10,12,14H,3,5,8-9,11,17H2,1-2H3. The van der Waals surface area contributed by atoms with E-state index in [0.29, 0.717) is 5.92 Å². The Morgan fingerprint density at radius 2 is 2.12 bits per heavy atom. The molecule has 1 rings (SSSR count). The minimum atomic E-state index is 0.617. The number of halogens is 1. The molecule has 0 radical (unpaired) electrons. The first-order chi connectivity index (χ1) is 8.15. The smallest absolute Gasteiger partial charge is 0.0177 e. The highest BCUT2D eigenvalue weighted by Gasteiger charge is 2.12. The lowest BCUT2D eigenvalue weighted by molar-refractivity contribution is 0.375. The summed E-state index contributed by atoms with van der Waals surface area (Å²) in [4.78, 5) is 0. The molecular formula is C15H24BrN. The van der Waals surface area contributed by atoms with Crippen LogP contribution in [0.15, 0.2) is 28.7 Å². The van der Waals surface area contributed by atoms with Crippen molar-refractivity contribution in [3.05, 3.63) is 34.3 Å². The highest BCUT2D eigenvalue weighted by molar-refractivity contribution is 9.10. The van der Waals surface area contributed by atoms with E-state index in [2.05, 4.69) is 54.0 Å². The summed E-state index contributed by atoms with van der Waals surface area (Å²) in [5.74, 6) is 1.41. The Morgan fingerprint density at radius 3 is 2.71 bits per heavy atom. The van der Waals surface area contributed by atoms with Crippen molar-refractivity contribution in [3.8, 4) is 0 Å². The Hall–Kier alpha value is -0.340. The molecule has 1 aromatic rings. The predicted molar refractivity (Wildman–Crippen MR) is 79.1 cm³/mol. The van der Waals surface area contributed by atoms with Gasteiger partial charge in [0, 0.05) is 4.47 Å². The second-order valence-electron chi connectivity index (χ2n) is 5.07. The Morgan fingerprint density at radius 1 is 1.35 bits per heavy atom. The maximum atomic E-state index is 5.89. The fraction of sp³-hybridized carbons (Fsp3) is 0.600. The van der Waals surface area contributed by atoms with E-state index >= 15 is 0 Å². The van der Waals surface area contributed by atoms with Gasteiger partial charge in [-0.05, 0) is 48.9 Å². The van der Waals surface area contributed by atoms with E-state index < -0.39 is 0 Å². The van der Waals surface area contributed by atoms with Crippen molar-refractivity contribution in [2.45, 2.75) is 39.5 Å². The van der Waals surface area contributed by atoms with E-state index in [1.165, 1.54) is 24.8 Å². The molecule has 0 aliphatic heterocycles. The lowest BCUT2D eigenvalue weighted by atomic mass is 9.88. The molecule has 96 valence electrons. The van der Waals surface area contributed by atoms with Gasteiger partial charge in [-0.2, -0.15) is 0 Å². The summed E-state index contributed by atoms with van der Waals surface area (Å²) >= 11 is 3.52. The van der Waals surface area contributed by atoms with E-state index in [-0.39, 0.29) is 0 Å². The highest BCUT2D eigenvalue weighted by Crippen LogP contribution is 2.21. The SMILES string of the molecule is CCCC(C)CC(CN)Cc1cccc(Br)c1. The summed E-state index contributed by atoms with van der Waals surface area (Å²) in [6.07, 6.45) is 4.94. The van der Waals surface area contributed by atoms with Crippen LogP contribution in [0.1, 0.15) is 38.7 Å². The molecule has 0 saturated carbocycles. The summed E-state index contributed by atoms with van der Waals surface area (Å²) < 4.78 is 1.16. The van der Waals surface area contributed by atoms with Gasteiger partial charge in [-0.3, -0.25) is 0 Å². The summed E-state index contributed by atoms with van der Waals surface area (Å²) in [5.41, 5.74) is 7.28. The van der Waals surface area contributed by atoms with Crippen LogP contribution >= 0.6 is 15.9 Å². The Kier molecular flexibility index (Phi) is 6.83. The van der Waals surface area contributed by atoms with Gasteiger partial charge in [0.15, 0.2) is 0 Å². The maximum Gasteiger partial charge on any atom is 0.0177 e. The topological polar surface area (TPSA) is 26.0 Å². The van der Waals surface area contributed by atoms with Crippen molar-refractivity contribution >= 4 is 15.9 Å². The molecule has 0 aromatic heterocycles. The van der Waals surface area contributed by atoms with E-state index in [9.17, 15) is 0 Å². The normalized spacial score (nSPS) is 14.6. The van der Waals surface area contributed by atoms with Crippen LogP contribution in [-0.2, 0) is 6.42 Å². The second-order valence-corrected chi connectivity index (χ2v) is 5.98. The van der Waals surface area contributed by atoms with Gasteiger partial charge in [0.25, 0.3) is 0 Å². The molecular weight excluding hydrogens is 274 g/mol. The molecule has 2 unspecified atom stereocenters. The van der Waals surface area contributed by atoms with Gasteiger partial charge in [-0.1, -0.05) is 54.8 Å². The quantitative estimate of drug-likeness (QED) is 0.793. The summed E-state index contributed by atoms with van der Waals surface area (Å²) in [6, 6.07) is 8.56. The Labute approximate surface area is 114 Å². The molecule has 0 aliphatic carbocycles. The zero-order valence-electron chi connectivity index (χ0n) is 11.0. The molecule has 0 fully saturated rings. The Balaban J connectivity index is 2.51. The largest absolute Gasteiger partial charge is 0.330 e. The molecule has 0 saturated heterocycles. The second kappa shape index (κ2) is 7.88. The molecule has 0 spiro atoms. The van der Waals surface area contributed by atoms with Gasteiger partial charge < -0.3 is 5.73 Å². The average Bonchev–Trinajstić information content (AvgIpc) is 2.28. The fourth-order valence-corrected chi connectivity index (χ4v) is 2.89. The van der Waals surface area contributed by atoms with Gasteiger partial charge in [0.1, 0.15) is 0 Å². The first-order valence-corrected chi connectivity index (χ1v) is 7.39. The summed E-state index contributed by atoms with van der Waals surface area (Å²) in [7, 11) is 0. The van der Waals surface area contributed by atoms with E-state index in [1.54, 1.807) is 0 Å². The fourth-order valence-electron chi connectivity index (χ4n) is 2.44. The van der Waals surface area contributed by atoms with Crippen LogP contribution in [-0.4, -0.2) is 6.54 Å².